The fraction of sp³-hybridized carbons (Fsp3) is 0.600. The summed E-state index contributed by atoms with van der Waals surface area (Å²) in [6.45, 7) is 5.64. The molecule has 0 saturated heterocycles. The number of aromatic nitrogens is 2. The number of nitrogens with zero attached hydrogens (tertiary/aromatic N) is 2. The van der Waals surface area contributed by atoms with Gasteiger partial charge in [0.2, 0.25) is 11.8 Å². The molecule has 0 atom stereocenters. The van der Waals surface area contributed by atoms with Crippen molar-refractivity contribution in [3.05, 3.63) is 23.4 Å². The molecule has 0 unspecified atom stereocenters. The Morgan fingerprint density at radius 3 is 3.00 bits per heavy atom. The summed E-state index contributed by atoms with van der Waals surface area (Å²) in [6.07, 6.45) is 8.23. The first-order valence-electron chi connectivity index (χ1n) is 7.18. The van der Waals surface area contributed by atoms with E-state index in [1.54, 1.807) is 5.57 Å². The maximum atomic E-state index is 5.55. The van der Waals surface area contributed by atoms with Gasteiger partial charge >= 0.3 is 0 Å². The third-order valence-electron chi connectivity index (χ3n) is 3.15. The average Bonchev–Trinajstić information content (AvgIpc) is 2.89. The predicted molar refractivity (Wildman–Crippen MR) is 77.6 cm³/mol. The van der Waals surface area contributed by atoms with Gasteiger partial charge in [0.1, 0.15) is 0 Å². The molecule has 0 radical (unpaired) electrons. The van der Waals surface area contributed by atoms with E-state index in [4.69, 9.17) is 4.74 Å². The van der Waals surface area contributed by atoms with Crippen LogP contribution in [-0.4, -0.2) is 23.1 Å². The molecule has 104 valence electrons. The van der Waals surface area contributed by atoms with E-state index in [0.29, 0.717) is 18.4 Å². The maximum absolute atomic E-state index is 5.55. The molecule has 1 aromatic heterocycles. The van der Waals surface area contributed by atoms with Crippen LogP contribution >= 0.6 is 0 Å². The first kappa shape index (κ1) is 13.8. The molecule has 0 fully saturated rings. The SMILES string of the molecule is CCCOc1cc(C)nc(NCCC2=CCCC2)n1. The number of allylic oxidation sites excluding steroid dienone is 1. The molecular weight excluding hydrogens is 238 g/mol. The van der Waals surface area contributed by atoms with Gasteiger partial charge in [-0.2, -0.15) is 4.98 Å². The number of aryl methyl sites for hydroxylation is 1. The van der Waals surface area contributed by atoms with Gasteiger partial charge in [0, 0.05) is 18.3 Å². The van der Waals surface area contributed by atoms with Crippen LogP contribution in [0.2, 0.25) is 0 Å². The van der Waals surface area contributed by atoms with Gasteiger partial charge in [-0.15, -0.1) is 0 Å². The number of ether oxygens (including phenoxy) is 1. The van der Waals surface area contributed by atoms with Gasteiger partial charge < -0.3 is 10.1 Å². The van der Waals surface area contributed by atoms with Gasteiger partial charge in [-0.1, -0.05) is 18.6 Å². The lowest BCUT2D eigenvalue weighted by molar-refractivity contribution is 0.305. The minimum Gasteiger partial charge on any atom is -0.478 e. The zero-order chi connectivity index (χ0) is 13.5. The van der Waals surface area contributed by atoms with Crippen LogP contribution in [0.5, 0.6) is 5.88 Å². The Morgan fingerprint density at radius 1 is 1.37 bits per heavy atom. The topological polar surface area (TPSA) is 47.0 Å². The van der Waals surface area contributed by atoms with Gasteiger partial charge in [-0.3, -0.25) is 0 Å². The van der Waals surface area contributed by atoms with Crippen molar-refractivity contribution in [3.8, 4) is 5.88 Å². The first-order chi connectivity index (χ1) is 9.28. The molecule has 1 aromatic rings. The van der Waals surface area contributed by atoms with Crippen LogP contribution in [0.25, 0.3) is 0 Å². The van der Waals surface area contributed by atoms with Crippen molar-refractivity contribution in [1.82, 2.24) is 9.97 Å². The van der Waals surface area contributed by atoms with Gasteiger partial charge in [0.25, 0.3) is 0 Å². The Balaban J connectivity index is 1.86. The quantitative estimate of drug-likeness (QED) is 0.763. The normalized spacial score (nSPS) is 14.3. The maximum Gasteiger partial charge on any atom is 0.226 e. The van der Waals surface area contributed by atoms with Crippen LogP contribution in [0.1, 0.15) is 44.7 Å². The standard InChI is InChI=1S/C15H23N3O/c1-3-10-19-14-11-12(2)17-15(18-14)16-9-8-13-6-4-5-7-13/h6,11H,3-5,7-10H2,1-2H3,(H,16,17,18). The molecule has 0 aliphatic heterocycles. The first-order valence-corrected chi connectivity index (χ1v) is 7.18. The van der Waals surface area contributed by atoms with Gasteiger partial charge in [0.15, 0.2) is 0 Å². The van der Waals surface area contributed by atoms with Crippen molar-refractivity contribution in [2.24, 2.45) is 0 Å². The van der Waals surface area contributed by atoms with Gasteiger partial charge in [-0.25, -0.2) is 4.98 Å². The molecule has 19 heavy (non-hydrogen) atoms. The van der Waals surface area contributed by atoms with Crippen molar-refractivity contribution >= 4 is 5.95 Å². The lowest BCUT2D eigenvalue weighted by atomic mass is 10.2. The fourth-order valence-corrected chi connectivity index (χ4v) is 2.20. The van der Waals surface area contributed by atoms with E-state index in [-0.39, 0.29) is 0 Å². The van der Waals surface area contributed by atoms with Crippen molar-refractivity contribution in [2.45, 2.75) is 46.0 Å². The molecule has 0 aromatic carbocycles. The lowest BCUT2D eigenvalue weighted by Gasteiger charge is -2.09. The third-order valence-corrected chi connectivity index (χ3v) is 3.15. The summed E-state index contributed by atoms with van der Waals surface area (Å²) in [4.78, 5) is 8.76. The predicted octanol–water partition coefficient (Wildman–Crippen LogP) is 3.49. The summed E-state index contributed by atoms with van der Waals surface area (Å²) in [7, 11) is 0. The number of hydrogen-bond donors (Lipinski definition) is 1. The summed E-state index contributed by atoms with van der Waals surface area (Å²) in [5.41, 5.74) is 2.49. The van der Waals surface area contributed by atoms with Crippen molar-refractivity contribution < 1.29 is 4.74 Å². The Labute approximate surface area is 115 Å². The molecule has 1 aliphatic rings. The molecule has 1 aliphatic carbocycles. The number of hydrogen-bond acceptors (Lipinski definition) is 4. The Morgan fingerprint density at radius 2 is 2.26 bits per heavy atom. The van der Waals surface area contributed by atoms with Gasteiger partial charge in [-0.05, 0) is 39.0 Å². The van der Waals surface area contributed by atoms with E-state index in [0.717, 1.165) is 25.1 Å². The van der Waals surface area contributed by atoms with Crippen LogP contribution in [0, 0.1) is 6.92 Å². The number of anilines is 1. The highest BCUT2D eigenvalue weighted by Gasteiger charge is 2.06. The fourth-order valence-electron chi connectivity index (χ4n) is 2.20. The van der Waals surface area contributed by atoms with Crippen LogP contribution in [0.15, 0.2) is 17.7 Å². The Bertz CT molecular complexity index is 443. The summed E-state index contributed by atoms with van der Waals surface area (Å²) in [5.74, 6) is 1.33. The highest BCUT2D eigenvalue weighted by molar-refractivity contribution is 5.30. The zero-order valence-electron chi connectivity index (χ0n) is 11.9. The second-order valence-electron chi connectivity index (χ2n) is 4.95. The highest BCUT2D eigenvalue weighted by Crippen LogP contribution is 2.20. The minimum atomic E-state index is 0.664. The molecule has 4 nitrogen and oxygen atoms in total. The second kappa shape index (κ2) is 7.12. The van der Waals surface area contributed by atoms with Crippen LogP contribution in [0.4, 0.5) is 5.95 Å². The summed E-state index contributed by atoms with van der Waals surface area (Å²) in [5, 5.41) is 3.29. The molecular formula is C15H23N3O. The minimum absolute atomic E-state index is 0.664. The second-order valence-corrected chi connectivity index (χ2v) is 4.95. The lowest BCUT2D eigenvalue weighted by Crippen LogP contribution is -2.08. The Kier molecular flexibility index (Phi) is 5.19. The van der Waals surface area contributed by atoms with E-state index in [2.05, 4.69) is 28.3 Å². The van der Waals surface area contributed by atoms with Crippen LogP contribution < -0.4 is 10.1 Å². The molecule has 1 heterocycles. The van der Waals surface area contributed by atoms with Crippen LogP contribution in [-0.2, 0) is 0 Å². The summed E-state index contributed by atoms with van der Waals surface area (Å²) < 4.78 is 5.55. The van der Waals surface area contributed by atoms with E-state index >= 15 is 0 Å². The molecule has 0 bridgehead atoms. The molecule has 4 heteroatoms. The average molecular weight is 261 g/mol. The van der Waals surface area contributed by atoms with E-state index in [9.17, 15) is 0 Å². The van der Waals surface area contributed by atoms with Crippen molar-refractivity contribution in [3.63, 3.8) is 0 Å². The summed E-state index contributed by atoms with van der Waals surface area (Å²) in [6, 6.07) is 1.88. The van der Waals surface area contributed by atoms with Crippen molar-refractivity contribution in [2.75, 3.05) is 18.5 Å². The summed E-state index contributed by atoms with van der Waals surface area (Å²) >= 11 is 0. The molecule has 0 amide bonds. The zero-order valence-corrected chi connectivity index (χ0v) is 11.9. The molecule has 0 spiro atoms. The molecule has 1 N–H and O–H groups in total. The molecule has 0 saturated carbocycles. The number of nitrogens with one attached hydrogen (secondary N) is 1. The van der Waals surface area contributed by atoms with Crippen molar-refractivity contribution in [1.29, 1.82) is 0 Å². The van der Waals surface area contributed by atoms with E-state index in [1.165, 1.54) is 19.3 Å². The highest BCUT2D eigenvalue weighted by atomic mass is 16.5. The largest absolute Gasteiger partial charge is 0.478 e. The smallest absolute Gasteiger partial charge is 0.226 e. The van der Waals surface area contributed by atoms with Gasteiger partial charge in [0.05, 0.1) is 6.61 Å². The monoisotopic (exact) mass is 261 g/mol. The number of rotatable bonds is 7. The Hall–Kier alpha value is -1.58. The molecule has 2 rings (SSSR count). The van der Waals surface area contributed by atoms with E-state index in [1.807, 2.05) is 13.0 Å². The third kappa shape index (κ3) is 4.54. The van der Waals surface area contributed by atoms with E-state index < -0.39 is 0 Å². The van der Waals surface area contributed by atoms with Crippen LogP contribution in [0.3, 0.4) is 0 Å².